The van der Waals surface area contributed by atoms with Crippen LogP contribution in [-0.2, 0) is 4.79 Å². The van der Waals surface area contributed by atoms with Gasteiger partial charge in [-0.3, -0.25) is 4.79 Å². The fourth-order valence-corrected chi connectivity index (χ4v) is 2.02. The summed E-state index contributed by atoms with van der Waals surface area (Å²) in [5.74, 6) is 0.912. The van der Waals surface area contributed by atoms with Gasteiger partial charge in [-0.1, -0.05) is 12.1 Å². The first-order valence-corrected chi connectivity index (χ1v) is 6.74. The van der Waals surface area contributed by atoms with Crippen LogP contribution in [0.2, 0.25) is 0 Å². The minimum absolute atomic E-state index is 0.0578. The SMILES string of the molecule is CCN(CC)C(=O)C1=C([C@@H](C)O)Oc2ccccc2O1. The Morgan fingerprint density at radius 2 is 1.75 bits per heavy atom. The number of aliphatic hydroxyl groups is 1. The lowest BCUT2D eigenvalue weighted by Gasteiger charge is -2.27. The molecule has 1 N–H and O–H groups in total. The Bertz CT molecular complexity index is 532. The Kier molecular flexibility index (Phi) is 4.29. The van der Waals surface area contributed by atoms with Crippen LogP contribution < -0.4 is 9.47 Å². The van der Waals surface area contributed by atoms with Crippen molar-refractivity contribution in [3.63, 3.8) is 0 Å². The van der Waals surface area contributed by atoms with E-state index in [1.54, 1.807) is 36.1 Å². The molecule has 1 aliphatic rings. The van der Waals surface area contributed by atoms with E-state index in [1.807, 2.05) is 13.8 Å². The zero-order valence-electron chi connectivity index (χ0n) is 11.9. The van der Waals surface area contributed by atoms with Gasteiger partial charge in [0.05, 0.1) is 0 Å². The zero-order valence-corrected chi connectivity index (χ0v) is 11.9. The normalized spacial score (nSPS) is 15.0. The Balaban J connectivity index is 2.39. The molecule has 20 heavy (non-hydrogen) atoms. The first-order valence-electron chi connectivity index (χ1n) is 6.74. The Hall–Kier alpha value is -2.01. The summed E-state index contributed by atoms with van der Waals surface area (Å²) in [6.07, 6.45) is -0.919. The first kappa shape index (κ1) is 14.4. The van der Waals surface area contributed by atoms with Crippen LogP contribution in [0.5, 0.6) is 11.5 Å². The molecule has 1 atom stereocenters. The second-order valence-electron chi connectivity index (χ2n) is 4.50. The average molecular weight is 277 g/mol. The minimum atomic E-state index is -0.919. The van der Waals surface area contributed by atoms with Crippen LogP contribution in [0.1, 0.15) is 20.8 Å². The largest absolute Gasteiger partial charge is 0.451 e. The summed E-state index contributed by atoms with van der Waals surface area (Å²) in [6, 6.07) is 7.06. The van der Waals surface area contributed by atoms with Crippen molar-refractivity contribution in [3.05, 3.63) is 35.8 Å². The second kappa shape index (κ2) is 5.96. The third-order valence-corrected chi connectivity index (χ3v) is 3.13. The molecule has 0 unspecified atom stereocenters. The van der Waals surface area contributed by atoms with E-state index in [4.69, 9.17) is 9.47 Å². The third-order valence-electron chi connectivity index (χ3n) is 3.13. The van der Waals surface area contributed by atoms with Crippen molar-refractivity contribution in [1.29, 1.82) is 0 Å². The highest BCUT2D eigenvalue weighted by Crippen LogP contribution is 2.36. The lowest BCUT2D eigenvalue weighted by atomic mass is 10.2. The molecule has 0 aliphatic carbocycles. The van der Waals surface area contributed by atoms with E-state index in [0.29, 0.717) is 24.6 Å². The van der Waals surface area contributed by atoms with Crippen LogP contribution in [0, 0.1) is 0 Å². The Morgan fingerprint density at radius 1 is 1.20 bits per heavy atom. The smallest absolute Gasteiger partial charge is 0.293 e. The maximum atomic E-state index is 12.4. The molecule has 0 radical (unpaired) electrons. The molecule has 0 fully saturated rings. The zero-order chi connectivity index (χ0) is 14.7. The van der Waals surface area contributed by atoms with E-state index in [1.165, 1.54) is 0 Å². The molecule has 1 aromatic carbocycles. The second-order valence-corrected chi connectivity index (χ2v) is 4.50. The number of hydrogen-bond acceptors (Lipinski definition) is 4. The van der Waals surface area contributed by atoms with E-state index in [0.717, 1.165) is 0 Å². The monoisotopic (exact) mass is 277 g/mol. The van der Waals surface area contributed by atoms with Crippen LogP contribution in [0.4, 0.5) is 0 Å². The molecular weight excluding hydrogens is 258 g/mol. The fourth-order valence-electron chi connectivity index (χ4n) is 2.02. The molecule has 0 bridgehead atoms. The van der Waals surface area contributed by atoms with Gasteiger partial charge in [0, 0.05) is 13.1 Å². The van der Waals surface area contributed by atoms with Crippen LogP contribution in [-0.4, -0.2) is 35.1 Å². The van der Waals surface area contributed by atoms with Gasteiger partial charge in [-0.2, -0.15) is 0 Å². The standard InChI is InChI=1S/C15H19NO4/c1-4-16(5-2)15(18)14-13(10(3)17)19-11-8-6-7-9-12(11)20-14/h6-10,17H,4-5H2,1-3H3/t10-/m1/s1. The molecule has 0 spiro atoms. The van der Waals surface area contributed by atoms with Gasteiger partial charge in [-0.15, -0.1) is 0 Å². The maximum Gasteiger partial charge on any atom is 0.293 e. The van der Waals surface area contributed by atoms with E-state index in [9.17, 15) is 9.90 Å². The van der Waals surface area contributed by atoms with Crippen LogP contribution in [0.25, 0.3) is 0 Å². The minimum Gasteiger partial charge on any atom is -0.451 e. The molecular formula is C15H19NO4. The summed E-state index contributed by atoms with van der Waals surface area (Å²) < 4.78 is 11.3. The lowest BCUT2D eigenvalue weighted by Crippen LogP contribution is -2.36. The van der Waals surface area contributed by atoms with Crippen molar-refractivity contribution in [1.82, 2.24) is 4.90 Å². The van der Waals surface area contributed by atoms with Gasteiger partial charge in [0.15, 0.2) is 17.3 Å². The Labute approximate surface area is 118 Å². The summed E-state index contributed by atoms with van der Waals surface area (Å²) in [7, 11) is 0. The number of para-hydroxylation sites is 2. The van der Waals surface area contributed by atoms with Crippen LogP contribution >= 0.6 is 0 Å². The van der Waals surface area contributed by atoms with Gasteiger partial charge in [-0.05, 0) is 32.9 Å². The van der Waals surface area contributed by atoms with Crippen molar-refractivity contribution < 1.29 is 19.4 Å². The maximum absolute atomic E-state index is 12.4. The number of likely N-dealkylation sites (N-methyl/N-ethyl adjacent to an activating group) is 1. The molecule has 108 valence electrons. The number of carbonyl (C=O) groups is 1. The third kappa shape index (κ3) is 2.63. The van der Waals surface area contributed by atoms with E-state index >= 15 is 0 Å². The molecule has 5 nitrogen and oxygen atoms in total. The van der Waals surface area contributed by atoms with Crippen molar-refractivity contribution in [2.45, 2.75) is 26.9 Å². The van der Waals surface area contributed by atoms with E-state index < -0.39 is 6.10 Å². The number of amides is 1. The number of rotatable bonds is 4. The highest BCUT2D eigenvalue weighted by Gasteiger charge is 2.31. The summed E-state index contributed by atoms with van der Waals surface area (Å²) in [6.45, 7) is 6.46. The topological polar surface area (TPSA) is 59.0 Å². The molecule has 5 heteroatoms. The number of nitrogens with zero attached hydrogens (tertiary/aromatic N) is 1. The number of hydrogen-bond donors (Lipinski definition) is 1. The lowest BCUT2D eigenvalue weighted by molar-refractivity contribution is -0.129. The molecule has 1 aliphatic heterocycles. The molecule has 0 saturated heterocycles. The Morgan fingerprint density at radius 3 is 2.25 bits per heavy atom. The predicted molar refractivity (Wildman–Crippen MR) is 74.3 cm³/mol. The molecule has 0 aromatic heterocycles. The van der Waals surface area contributed by atoms with Gasteiger partial charge < -0.3 is 19.5 Å². The van der Waals surface area contributed by atoms with Gasteiger partial charge in [-0.25, -0.2) is 0 Å². The van der Waals surface area contributed by atoms with Gasteiger partial charge >= 0.3 is 0 Å². The number of ether oxygens (including phenoxy) is 2. The fraction of sp³-hybridized carbons (Fsp3) is 0.400. The van der Waals surface area contributed by atoms with Crippen LogP contribution in [0.3, 0.4) is 0 Å². The van der Waals surface area contributed by atoms with Gasteiger partial charge in [0.1, 0.15) is 6.10 Å². The van der Waals surface area contributed by atoms with Crippen LogP contribution in [0.15, 0.2) is 35.8 Å². The molecule has 1 aromatic rings. The summed E-state index contributed by atoms with van der Waals surface area (Å²) >= 11 is 0. The predicted octanol–water partition coefficient (Wildman–Crippen LogP) is 1.92. The molecule has 1 heterocycles. The summed E-state index contributed by atoms with van der Waals surface area (Å²) in [5.41, 5.74) is 0. The number of fused-ring (bicyclic) bond motifs is 1. The van der Waals surface area contributed by atoms with Crippen molar-refractivity contribution >= 4 is 5.91 Å². The van der Waals surface area contributed by atoms with E-state index in [-0.39, 0.29) is 17.4 Å². The van der Waals surface area contributed by atoms with E-state index in [2.05, 4.69) is 0 Å². The summed E-state index contributed by atoms with van der Waals surface area (Å²) in [4.78, 5) is 14.1. The van der Waals surface area contributed by atoms with Gasteiger partial charge in [0.2, 0.25) is 5.76 Å². The van der Waals surface area contributed by atoms with Crippen molar-refractivity contribution in [3.8, 4) is 11.5 Å². The van der Waals surface area contributed by atoms with Gasteiger partial charge in [0.25, 0.3) is 5.91 Å². The molecule has 1 amide bonds. The van der Waals surface area contributed by atoms with Crippen molar-refractivity contribution in [2.75, 3.05) is 13.1 Å². The highest BCUT2D eigenvalue weighted by molar-refractivity contribution is 5.93. The summed E-state index contributed by atoms with van der Waals surface area (Å²) in [5, 5.41) is 9.82. The molecule has 2 rings (SSSR count). The average Bonchev–Trinajstić information content (AvgIpc) is 2.46. The number of aliphatic hydroxyl groups excluding tert-OH is 1. The highest BCUT2D eigenvalue weighted by atomic mass is 16.6. The number of benzene rings is 1. The molecule has 0 saturated carbocycles. The quantitative estimate of drug-likeness (QED) is 0.913. The number of carbonyl (C=O) groups excluding carboxylic acids is 1. The first-order chi connectivity index (χ1) is 9.58. The van der Waals surface area contributed by atoms with Crippen molar-refractivity contribution in [2.24, 2.45) is 0 Å².